The lowest BCUT2D eigenvalue weighted by Gasteiger charge is -2.35. The maximum absolute atomic E-state index is 13.3. The average Bonchev–Trinajstić information content (AvgIpc) is 2.67. The van der Waals surface area contributed by atoms with Gasteiger partial charge < -0.3 is 20.3 Å². The van der Waals surface area contributed by atoms with Crippen molar-refractivity contribution in [2.45, 2.75) is 47.1 Å². The standard InChI is InChI=1S/C21H34N4O5/c1-14(2)11-12-25(13-17(26)24-29)19(27)18(21(3,4)5)23-20(28)22-15-9-7-8-10-16(15)30-6/h7-10,14,18,29H,11-13H2,1-6H3,(H,24,26)(H2,22,23,28)/t18-/m1/s1. The number of carbonyl (C=O) groups is 3. The van der Waals surface area contributed by atoms with Crippen LogP contribution in [0.5, 0.6) is 5.75 Å². The molecule has 1 aromatic carbocycles. The van der Waals surface area contributed by atoms with Gasteiger partial charge in [0.2, 0.25) is 5.91 Å². The first-order chi connectivity index (χ1) is 14.0. The second-order valence-electron chi connectivity index (χ2n) is 8.58. The molecule has 0 radical (unpaired) electrons. The number of carbonyl (C=O) groups excluding carboxylic acids is 3. The van der Waals surface area contributed by atoms with E-state index in [1.165, 1.54) is 12.0 Å². The second kappa shape index (κ2) is 11.4. The van der Waals surface area contributed by atoms with Crippen LogP contribution in [-0.4, -0.2) is 54.2 Å². The lowest BCUT2D eigenvalue weighted by Crippen LogP contribution is -2.57. The Morgan fingerprint density at radius 2 is 1.80 bits per heavy atom. The van der Waals surface area contributed by atoms with Crippen molar-refractivity contribution >= 4 is 23.5 Å². The van der Waals surface area contributed by atoms with Crippen LogP contribution < -0.4 is 20.9 Å². The summed E-state index contributed by atoms with van der Waals surface area (Å²) < 4.78 is 5.23. The van der Waals surface area contributed by atoms with Gasteiger partial charge in [-0.15, -0.1) is 0 Å². The number of urea groups is 1. The van der Waals surface area contributed by atoms with Crippen LogP contribution in [0.1, 0.15) is 41.0 Å². The Morgan fingerprint density at radius 1 is 1.17 bits per heavy atom. The predicted molar refractivity (Wildman–Crippen MR) is 114 cm³/mol. The Balaban J connectivity index is 3.03. The maximum Gasteiger partial charge on any atom is 0.320 e. The Labute approximate surface area is 178 Å². The van der Waals surface area contributed by atoms with E-state index in [9.17, 15) is 14.4 Å². The summed E-state index contributed by atoms with van der Waals surface area (Å²) in [4.78, 5) is 39.0. The summed E-state index contributed by atoms with van der Waals surface area (Å²) in [6.45, 7) is 9.52. The third-order valence-electron chi connectivity index (χ3n) is 4.49. The number of nitrogens with one attached hydrogen (secondary N) is 3. The van der Waals surface area contributed by atoms with Crippen LogP contribution in [0, 0.1) is 11.3 Å². The van der Waals surface area contributed by atoms with E-state index in [0.717, 1.165) is 0 Å². The first-order valence-corrected chi connectivity index (χ1v) is 9.91. The van der Waals surface area contributed by atoms with Crippen LogP contribution in [-0.2, 0) is 9.59 Å². The van der Waals surface area contributed by atoms with Crippen molar-refractivity contribution in [3.8, 4) is 5.75 Å². The molecule has 0 fully saturated rings. The van der Waals surface area contributed by atoms with Gasteiger partial charge in [0.1, 0.15) is 18.3 Å². The van der Waals surface area contributed by atoms with Gasteiger partial charge >= 0.3 is 6.03 Å². The number of methoxy groups -OCH3 is 1. The van der Waals surface area contributed by atoms with Crippen LogP contribution in [0.25, 0.3) is 0 Å². The molecule has 9 heteroatoms. The maximum atomic E-state index is 13.3. The number of ether oxygens (including phenoxy) is 1. The van der Waals surface area contributed by atoms with E-state index in [4.69, 9.17) is 9.94 Å². The minimum Gasteiger partial charge on any atom is -0.495 e. The molecule has 1 atom stereocenters. The molecule has 0 aliphatic heterocycles. The minimum absolute atomic E-state index is 0.301. The minimum atomic E-state index is -0.897. The first kappa shape index (κ1) is 25.2. The fourth-order valence-electron chi connectivity index (χ4n) is 2.76. The molecule has 0 saturated carbocycles. The highest BCUT2D eigenvalue weighted by Crippen LogP contribution is 2.24. The van der Waals surface area contributed by atoms with Crippen LogP contribution in [0.4, 0.5) is 10.5 Å². The molecular formula is C21H34N4O5. The highest BCUT2D eigenvalue weighted by atomic mass is 16.5. The fraction of sp³-hybridized carbons (Fsp3) is 0.571. The van der Waals surface area contributed by atoms with Gasteiger partial charge in [-0.05, 0) is 29.9 Å². The fourth-order valence-corrected chi connectivity index (χ4v) is 2.76. The summed E-state index contributed by atoms with van der Waals surface area (Å²) in [7, 11) is 1.50. The van der Waals surface area contributed by atoms with E-state index in [1.54, 1.807) is 29.7 Å². The van der Waals surface area contributed by atoms with E-state index in [1.807, 2.05) is 34.6 Å². The molecule has 4 amide bonds. The predicted octanol–water partition coefficient (Wildman–Crippen LogP) is 2.61. The number of rotatable bonds is 9. The smallest absolute Gasteiger partial charge is 0.320 e. The summed E-state index contributed by atoms with van der Waals surface area (Å²) in [6.07, 6.45) is 0.675. The van der Waals surface area contributed by atoms with E-state index >= 15 is 0 Å². The molecule has 0 saturated heterocycles. The molecular weight excluding hydrogens is 388 g/mol. The lowest BCUT2D eigenvalue weighted by molar-refractivity contribution is -0.142. The number of anilines is 1. The van der Waals surface area contributed by atoms with Crippen molar-refractivity contribution in [2.24, 2.45) is 11.3 Å². The van der Waals surface area contributed by atoms with Crippen LogP contribution >= 0.6 is 0 Å². The molecule has 0 aliphatic carbocycles. The topological polar surface area (TPSA) is 120 Å². The quantitative estimate of drug-likeness (QED) is 0.360. The van der Waals surface area contributed by atoms with Crippen molar-refractivity contribution in [2.75, 3.05) is 25.5 Å². The largest absolute Gasteiger partial charge is 0.495 e. The van der Waals surface area contributed by atoms with Crippen molar-refractivity contribution in [3.63, 3.8) is 0 Å². The van der Waals surface area contributed by atoms with E-state index in [-0.39, 0.29) is 6.54 Å². The summed E-state index contributed by atoms with van der Waals surface area (Å²) in [6, 6.07) is 5.47. The van der Waals surface area contributed by atoms with Gasteiger partial charge in [-0.1, -0.05) is 46.8 Å². The highest BCUT2D eigenvalue weighted by Gasteiger charge is 2.36. The van der Waals surface area contributed by atoms with Gasteiger partial charge in [0.05, 0.1) is 12.8 Å². The molecule has 0 spiro atoms. The summed E-state index contributed by atoms with van der Waals surface area (Å²) in [5.74, 6) is -0.294. The molecule has 0 aliphatic rings. The van der Waals surface area contributed by atoms with Gasteiger partial charge in [-0.3, -0.25) is 14.8 Å². The number of hydrogen-bond donors (Lipinski definition) is 4. The zero-order chi connectivity index (χ0) is 22.9. The van der Waals surface area contributed by atoms with Crippen LogP contribution in [0.2, 0.25) is 0 Å². The molecule has 4 N–H and O–H groups in total. The molecule has 1 rings (SSSR count). The van der Waals surface area contributed by atoms with Crippen LogP contribution in [0.3, 0.4) is 0 Å². The highest BCUT2D eigenvalue weighted by molar-refractivity contribution is 5.95. The first-order valence-electron chi connectivity index (χ1n) is 9.91. The van der Waals surface area contributed by atoms with Crippen molar-refractivity contribution in [1.82, 2.24) is 15.7 Å². The molecule has 30 heavy (non-hydrogen) atoms. The van der Waals surface area contributed by atoms with E-state index in [0.29, 0.717) is 30.3 Å². The SMILES string of the molecule is COc1ccccc1NC(=O)N[C@H](C(=O)N(CCC(C)C)CC(=O)NO)C(C)(C)C. The average molecular weight is 423 g/mol. The summed E-state index contributed by atoms with van der Waals surface area (Å²) in [5, 5.41) is 14.3. The van der Waals surface area contributed by atoms with Crippen molar-refractivity contribution < 1.29 is 24.3 Å². The summed E-state index contributed by atoms with van der Waals surface area (Å²) in [5.41, 5.74) is 1.40. The van der Waals surface area contributed by atoms with Gasteiger partial charge in [-0.25, -0.2) is 10.3 Å². The Hall–Kier alpha value is -2.81. The van der Waals surface area contributed by atoms with Crippen molar-refractivity contribution in [1.29, 1.82) is 0 Å². The lowest BCUT2D eigenvalue weighted by atomic mass is 9.85. The van der Waals surface area contributed by atoms with E-state index in [2.05, 4.69) is 10.6 Å². The van der Waals surface area contributed by atoms with Gasteiger partial charge in [0.15, 0.2) is 0 Å². The number of para-hydroxylation sites is 2. The van der Waals surface area contributed by atoms with Gasteiger partial charge in [0.25, 0.3) is 5.91 Å². The number of nitrogens with zero attached hydrogens (tertiary/aromatic N) is 1. The van der Waals surface area contributed by atoms with Gasteiger partial charge in [-0.2, -0.15) is 0 Å². The Bertz CT molecular complexity index is 730. The molecule has 0 heterocycles. The molecule has 0 unspecified atom stereocenters. The molecule has 1 aromatic rings. The molecule has 0 aromatic heterocycles. The monoisotopic (exact) mass is 422 g/mol. The molecule has 9 nitrogen and oxygen atoms in total. The van der Waals surface area contributed by atoms with E-state index < -0.39 is 29.3 Å². The zero-order valence-electron chi connectivity index (χ0n) is 18.6. The normalized spacial score (nSPS) is 12.1. The van der Waals surface area contributed by atoms with Crippen LogP contribution in [0.15, 0.2) is 24.3 Å². The number of amides is 4. The second-order valence-corrected chi connectivity index (χ2v) is 8.58. The number of hydrogen-bond acceptors (Lipinski definition) is 5. The zero-order valence-corrected chi connectivity index (χ0v) is 18.6. The number of benzene rings is 1. The third-order valence-corrected chi connectivity index (χ3v) is 4.49. The summed E-state index contributed by atoms with van der Waals surface area (Å²) >= 11 is 0. The Kier molecular flexibility index (Phi) is 9.58. The Morgan fingerprint density at radius 3 is 2.33 bits per heavy atom. The molecule has 168 valence electrons. The molecule has 0 bridgehead atoms. The number of hydroxylamine groups is 1. The third kappa shape index (κ3) is 7.90. The van der Waals surface area contributed by atoms with Gasteiger partial charge in [0, 0.05) is 6.54 Å². The van der Waals surface area contributed by atoms with Crippen molar-refractivity contribution in [3.05, 3.63) is 24.3 Å².